The van der Waals surface area contributed by atoms with Crippen LogP contribution in [0.2, 0.25) is 0 Å². The molecule has 0 fully saturated rings. The molecule has 0 aromatic heterocycles. The van der Waals surface area contributed by atoms with E-state index in [1.807, 2.05) is 19.1 Å². The first-order chi connectivity index (χ1) is 6.66. The number of hydrogen-bond acceptors (Lipinski definition) is 2. The van der Waals surface area contributed by atoms with Gasteiger partial charge in [0, 0.05) is 0 Å². The lowest BCUT2D eigenvalue weighted by atomic mass is 10.1. The fraction of sp³-hybridized carbons (Fsp3) is 0.182. The lowest BCUT2D eigenvalue weighted by Gasteiger charge is -2.08. The van der Waals surface area contributed by atoms with Gasteiger partial charge in [-0.15, -0.1) is 0 Å². The second-order valence-corrected chi connectivity index (χ2v) is 3.16. The van der Waals surface area contributed by atoms with Gasteiger partial charge >= 0.3 is 0 Å². The zero-order valence-corrected chi connectivity index (χ0v) is 8.67. The van der Waals surface area contributed by atoms with Crippen molar-refractivity contribution >= 4 is 16.8 Å². The molecule has 0 heterocycles. The summed E-state index contributed by atoms with van der Waals surface area (Å²) in [6, 6.07) is 5.35. The summed E-state index contributed by atoms with van der Waals surface area (Å²) < 4.78 is 5.31. The molecule has 0 saturated carbocycles. The van der Waals surface area contributed by atoms with Crippen LogP contribution in [0, 0.1) is 6.92 Å². The van der Waals surface area contributed by atoms with Crippen molar-refractivity contribution in [2.45, 2.75) is 6.92 Å². The first-order valence-corrected chi connectivity index (χ1v) is 4.57. The van der Waals surface area contributed by atoms with Crippen LogP contribution in [0.1, 0.15) is 15.9 Å². The van der Waals surface area contributed by atoms with Crippen LogP contribution in [0.15, 0.2) is 30.9 Å². The van der Waals surface area contributed by atoms with E-state index in [0.29, 0.717) is 17.9 Å². The number of hydrogen-bond donors (Lipinski definition) is 0. The Morgan fingerprint density at radius 1 is 1.64 bits per heavy atom. The number of halogens is 1. The third-order valence-electron chi connectivity index (χ3n) is 1.79. The highest BCUT2D eigenvalue weighted by Crippen LogP contribution is 2.23. The topological polar surface area (TPSA) is 26.3 Å². The maximum absolute atomic E-state index is 11.1. The molecule has 1 aromatic carbocycles. The Kier molecular flexibility index (Phi) is 3.72. The van der Waals surface area contributed by atoms with Crippen molar-refractivity contribution in [2.75, 3.05) is 6.61 Å². The predicted molar refractivity (Wildman–Crippen MR) is 57.1 cm³/mol. The van der Waals surface area contributed by atoms with E-state index in [9.17, 15) is 4.79 Å². The van der Waals surface area contributed by atoms with Crippen LogP contribution in [0.5, 0.6) is 5.75 Å². The van der Waals surface area contributed by atoms with Gasteiger partial charge in [0.1, 0.15) is 12.4 Å². The number of aryl methyl sites for hydroxylation is 1. The van der Waals surface area contributed by atoms with E-state index >= 15 is 0 Å². The molecule has 1 aromatic rings. The number of benzene rings is 1. The number of carbonyl (C=O) groups excluding carboxylic acids is 1. The van der Waals surface area contributed by atoms with Crippen molar-refractivity contribution in [1.29, 1.82) is 0 Å². The zero-order valence-electron chi connectivity index (χ0n) is 7.92. The van der Waals surface area contributed by atoms with E-state index in [1.54, 1.807) is 12.1 Å². The molecule has 0 aliphatic heterocycles. The van der Waals surface area contributed by atoms with Gasteiger partial charge in [-0.2, -0.15) is 0 Å². The van der Waals surface area contributed by atoms with Gasteiger partial charge in [-0.1, -0.05) is 24.8 Å². The molecule has 0 aliphatic rings. The Balaban J connectivity index is 3.07. The molecule has 0 amide bonds. The summed E-state index contributed by atoms with van der Waals surface area (Å²) in [5.74, 6) is 0.505. The average Bonchev–Trinajstić information content (AvgIpc) is 2.14. The maximum atomic E-state index is 11.1. The molecule has 0 radical (unpaired) electrons. The smallest absolute Gasteiger partial charge is 0.256 e. The molecule has 0 N–H and O–H groups in total. The van der Waals surface area contributed by atoms with Crippen molar-refractivity contribution < 1.29 is 9.53 Å². The quantitative estimate of drug-likeness (QED) is 0.564. The second-order valence-electron chi connectivity index (χ2n) is 2.82. The van der Waals surface area contributed by atoms with Crippen LogP contribution < -0.4 is 4.74 Å². The molecule has 0 bridgehead atoms. The van der Waals surface area contributed by atoms with Gasteiger partial charge in [0.05, 0.1) is 5.56 Å². The molecule has 14 heavy (non-hydrogen) atoms. The molecule has 2 nitrogen and oxygen atoms in total. The Morgan fingerprint density at radius 2 is 2.36 bits per heavy atom. The Labute approximate surface area is 88.1 Å². The van der Waals surface area contributed by atoms with Crippen molar-refractivity contribution in [1.82, 2.24) is 0 Å². The standard InChI is InChI=1S/C11H11ClO2/c1-3-7-14-9-6-4-5-8(2)10(9)11(12)13/h3-6H,1,7H2,2H3. The summed E-state index contributed by atoms with van der Waals surface area (Å²) in [5, 5.41) is -0.498. The first-order valence-electron chi connectivity index (χ1n) is 4.20. The average molecular weight is 211 g/mol. The molecule has 3 heteroatoms. The van der Waals surface area contributed by atoms with E-state index in [-0.39, 0.29) is 0 Å². The third-order valence-corrected chi connectivity index (χ3v) is 1.98. The van der Waals surface area contributed by atoms with Gasteiger partial charge in [0.25, 0.3) is 5.24 Å². The van der Waals surface area contributed by atoms with Crippen molar-refractivity contribution in [3.05, 3.63) is 42.0 Å². The van der Waals surface area contributed by atoms with Crippen LogP contribution in [0.3, 0.4) is 0 Å². The van der Waals surface area contributed by atoms with Crippen molar-refractivity contribution in [3.63, 3.8) is 0 Å². The fourth-order valence-corrected chi connectivity index (χ4v) is 1.40. The summed E-state index contributed by atoms with van der Waals surface area (Å²) in [5.41, 5.74) is 1.24. The molecule has 1 rings (SSSR count). The normalized spacial score (nSPS) is 9.57. The second kappa shape index (κ2) is 4.82. The molecule has 0 unspecified atom stereocenters. The summed E-state index contributed by atoms with van der Waals surface area (Å²) in [7, 11) is 0. The zero-order chi connectivity index (χ0) is 10.6. The summed E-state index contributed by atoms with van der Waals surface area (Å²) in [6.45, 7) is 5.71. The van der Waals surface area contributed by atoms with Gasteiger partial charge in [-0.25, -0.2) is 0 Å². The molecular weight excluding hydrogens is 200 g/mol. The van der Waals surface area contributed by atoms with Crippen LogP contribution in [0.4, 0.5) is 0 Å². The van der Waals surface area contributed by atoms with Crippen LogP contribution >= 0.6 is 11.6 Å². The van der Waals surface area contributed by atoms with E-state index < -0.39 is 5.24 Å². The molecule has 0 saturated heterocycles. The Bertz CT molecular complexity index is 358. The predicted octanol–water partition coefficient (Wildman–Crippen LogP) is 2.94. The molecular formula is C11H11ClO2. The number of ether oxygens (including phenoxy) is 1. The van der Waals surface area contributed by atoms with Crippen molar-refractivity contribution in [2.24, 2.45) is 0 Å². The highest BCUT2D eigenvalue weighted by molar-refractivity contribution is 6.68. The first kappa shape index (κ1) is 10.8. The summed E-state index contributed by atoms with van der Waals surface area (Å²) in [6.07, 6.45) is 1.62. The molecule has 74 valence electrons. The van der Waals surface area contributed by atoms with Gasteiger partial charge in [0.2, 0.25) is 0 Å². The lowest BCUT2D eigenvalue weighted by Crippen LogP contribution is -2.01. The van der Waals surface area contributed by atoms with Gasteiger partial charge < -0.3 is 4.74 Å². The summed E-state index contributed by atoms with van der Waals surface area (Å²) in [4.78, 5) is 11.1. The Morgan fingerprint density at radius 3 is 2.93 bits per heavy atom. The summed E-state index contributed by atoms with van der Waals surface area (Å²) >= 11 is 5.45. The highest BCUT2D eigenvalue weighted by Gasteiger charge is 2.12. The monoisotopic (exact) mass is 210 g/mol. The minimum absolute atomic E-state index is 0.362. The maximum Gasteiger partial charge on any atom is 0.256 e. The lowest BCUT2D eigenvalue weighted by molar-refractivity contribution is 0.107. The van der Waals surface area contributed by atoms with Crippen LogP contribution in [-0.2, 0) is 0 Å². The van der Waals surface area contributed by atoms with E-state index in [0.717, 1.165) is 5.56 Å². The fourth-order valence-electron chi connectivity index (χ4n) is 1.16. The van der Waals surface area contributed by atoms with E-state index in [2.05, 4.69) is 6.58 Å². The minimum Gasteiger partial charge on any atom is -0.489 e. The molecule has 0 atom stereocenters. The van der Waals surface area contributed by atoms with Crippen LogP contribution in [-0.4, -0.2) is 11.8 Å². The van der Waals surface area contributed by atoms with Crippen LogP contribution in [0.25, 0.3) is 0 Å². The van der Waals surface area contributed by atoms with Gasteiger partial charge in [-0.05, 0) is 30.2 Å². The largest absolute Gasteiger partial charge is 0.489 e. The molecule has 0 spiro atoms. The van der Waals surface area contributed by atoms with E-state index in [4.69, 9.17) is 16.3 Å². The van der Waals surface area contributed by atoms with Crippen molar-refractivity contribution in [3.8, 4) is 5.75 Å². The number of rotatable bonds is 4. The number of carbonyl (C=O) groups is 1. The highest BCUT2D eigenvalue weighted by atomic mass is 35.5. The van der Waals surface area contributed by atoms with Gasteiger partial charge in [0.15, 0.2) is 0 Å². The SMILES string of the molecule is C=CCOc1cccc(C)c1C(=O)Cl. The van der Waals surface area contributed by atoms with E-state index in [1.165, 1.54) is 0 Å². The van der Waals surface area contributed by atoms with Gasteiger partial charge in [-0.3, -0.25) is 4.79 Å². The molecule has 0 aliphatic carbocycles. The minimum atomic E-state index is -0.498. The third kappa shape index (κ3) is 2.36. The Hall–Kier alpha value is -1.28.